The zero-order valence-corrected chi connectivity index (χ0v) is 39.0. The van der Waals surface area contributed by atoms with Crippen LogP contribution in [0.4, 0.5) is 17.1 Å². The minimum atomic E-state index is -0.486. The van der Waals surface area contributed by atoms with Crippen molar-refractivity contribution >= 4 is 17.1 Å². The highest BCUT2D eigenvalue weighted by molar-refractivity contribution is 5.96. The summed E-state index contributed by atoms with van der Waals surface area (Å²) in [4.78, 5) is 2.53. The van der Waals surface area contributed by atoms with Gasteiger partial charge >= 0.3 is 0 Å². The molecule has 10 aromatic carbocycles. The van der Waals surface area contributed by atoms with E-state index in [1.807, 2.05) is 0 Å². The van der Waals surface area contributed by atoms with Crippen molar-refractivity contribution in [3.63, 3.8) is 0 Å². The molecule has 0 saturated heterocycles. The topological polar surface area (TPSA) is 3.24 Å². The molecule has 0 bridgehead atoms. The maximum absolute atomic E-state index is 2.55. The lowest BCUT2D eigenvalue weighted by Crippen LogP contribution is -2.40. The summed E-state index contributed by atoms with van der Waals surface area (Å²) >= 11 is 0. The fourth-order valence-electron chi connectivity index (χ4n) is 12.6. The quantitative estimate of drug-likeness (QED) is 0.161. The van der Waals surface area contributed by atoms with E-state index in [0.29, 0.717) is 0 Å². The smallest absolute Gasteiger partial charge is 0.0719 e. The number of fused-ring (bicyclic) bond motifs is 12. The predicted molar refractivity (Wildman–Crippen MR) is 284 cm³/mol. The van der Waals surface area contributed by atoms with E-state index in [2.05, 4.69) is 269 Å². The minimum Gasteiger partial charge on any atom is -0.309 e. The molecule has 3 aliphatic carbocycles. The molecular weight excluding hydrogens is 819 g/mol. The molecule has 0 amide bonds. The molecule has 0 atom stereocenters. The summed E-state index contributed by atoms with van der Waals surface area (Å²) in [6.07, 6.45) is 0. The first-order chi connectivity index (χ1) is 33.3. The third kappa shape index (κ3) is 5.69. The van der Waals surface area contributed by atoms with Crippen LogP contribution in [-0.4, -0.2) is 0 Å². The average Bonchev–Trinajstić information content (AvgIpc) is 3.81. The number of anilines is 3. The number of rotatable bonds is 6. The maximum atomic E-state index is 2.55. The first kappa shape index (κ1) is 40.3. The third-order valence-electron chi connectivity index (χ3n) is 15.8. The lowest BCUT2D eigenvalue weighted by Gasteiger charge is -2.47. The second-order valence-electron chi connectivity index (χ2n) is 20.0. The molecule has 0 unspecified atom stereocenters. The van der Waals surface area contributed by atoms with Crippen molar-refractivity contribution in [1.82, 2.24) is 0 Å². The van der Waals surface area contributed by atoms with Gasteiger partial charge in [-0.3, -0.25) is 0 Å². The van der Waals surface area contributed by atoms with E-state index in [4.69, 9.17) is 0 Å². The van der Waals surface area contributed by atoms with Crippen LogP contribution in [0.25, 0.3) is 55.6 Å². The van der Waals surface area contributed by atoms with E-state index in [9.17, 15) is 0 Å². The fourth-order valence-corrected chi connectivity index (χ4v) is 12.6. The minimum absolute atomic E-state index is 0.223. The number of para-hydroxylation sites is 2. The molecule has 0 aromatic heterocycles. The van der Waals surface area contributed by atoms with Crippen molar-refractivity contribution in [3.05, 3.63) is 281 Å². The predicted octanol–water partition coefficient (Wildman–Crippen LogP) is 17.5. The Labute approximate surface area is 400 Å². The SMILES string of the molecule is CC1(C)c2cc(-c3ccccc3)ccc2-c2ccc(N(c3ccccc3-c3ccccc3)c3ccccc3-c3ccc4c(c3)C3(c5ccccc5-c5ccccc53)c3ccccc3C4(C)C)cc21. The molecule has 0 fully saturated rings. The molecule has 0 saturated carbocycles. The van der Waals surface area contributed by atoms with Gasteiger partial charge in [-0.2, -0.15) is 0 Å². The molecule has 1 nitrogen and oxygen atoms in total. The van der Waals surface area contributed by atoms with Crippen LogP contribution in [0.1, 0.15) is 72.2 Å². The van der Waals surface area contributed by atoms with Gasteiger partial charge in [0.1, 0.15) is 0 Å². The summed E-state index contributed by atoms with van der Waals surface area (Å²) in [5, 5.41) is 0. The second kappa shape index (κ2) is 15.0. The third-order valence-corrected chi connectivity index (χ3v) is 15.8. The molecule has 0 heterocycles. The van der Waals surface area contributed by atoms with Gasteiger partial charge in [0, 0.05) is 27.6 Å². The summed E-state index contributed by atoms with van der Waals surface area (Å²) in [6, 6.07) is 88.8. The van der Waals surface area contributed by atoms with E-state index in [-0.39, 0.29) is 10.8 Å². The van der Waals surface area contributed by atoms with E-state index >= 15 is 0 Å². The van der Waals surface area contributed by atoms with Crippen LogP contribution >= 0.6 is 0 Å². The molecule has 324 valence electrons. The lowest BCUT2D eigenvalue weighted by atomic mass is 9.55. The van der Waals surface area contributed by atoms with E-state index in [0.717, 1.165) is 17.1 Å². The molecule has 10 aromatic rings. The molecule has 0 radical (unpaired) electrons. The summed E-state index contributed by atoms with van der Waals surface area (Å²) < 4.78 is 0. The Morgan fingerprint density at radius 1 is 0.250 bits per heavy atom. The molecule has 0 N–H and O–H groups in total. The Balaban J connectivity index is 1.04. The van der Waals surface area contributed by atoms with E-state index < -0.39 is 5.41 Å². The van der Waals surface area contributed by atoms with Crippen molar-refractivity contribution in [1.29, 1.82) is 0 Å². The van der Waals surface area contributed by atoms with Crippen molar-refractivity contribution in [2.24, 2.45) is 0 Å². The summed E-state index contributed by atoms with van der Waals surface area (Å²) in [7, 11) is 0. The highest BCUT2D eigenvalue weighted by Gasteiger charge is 2.53. The second-order valence-corrected chi connectivity index (χ2v) is 20.0. The van der Waals surface area contributed by atoms with Gasteiger partial charge in [-0.1, -0.05) is 228 Å². The number of nitrogens with zero attached hydrogens (tertiary/aromatic N) is 1. The van der Waals surface area contributed by atoms with Crippen LogP contribution in [0, 0.1) is 0 Å². The zero-order valence-electron chi connectivity index (χ0n) is 39.0. The normalized spacial score (nSPS) is 14.8. The average molecular weight is 870 g/mol. The van der Waals surface area contributed by atoms with Crippen LogP contribution in [-0.2, 0) is 16.2 Å². The first-order valence-electron chi connectivity index (χ1n) is 24.1. The fraction of sp³-hybridized carbons (Fsp3) is 0.104. The van der Waals surface area contributed by atoms with Crippen LogP contribution < -0.4 is 4.90 Å². The van der Waals surface area contributed by atoms with E-state index in [1.165, 1.54) is 100 Å². The molecule has 3 aliphatic rings. The molecule has 1 spiro atoms. The lowest BCUT2D eigenvalue weighted by molar-refractivity contribution is 0.563. The Morgan fingerprint density at radius 2 is 0.662 bits per heavy atom. The summed E-state index contributed by atoms with van der Waals surface area (Å²) in [5.74, 6) is 0. The largest absolute Gasteiger partial charge is 0.309 e. The van der Waals surface area contributed by atoms with Crippen molar-refractivity contribution in [2.75, 3.05) is 4.90 Å². The Bertz CT molecular complexity index is 3580. The van der Waals surface area contributed by atoms with Crippen LogP contribution in [0.3, 0.4) is 0 Å². The van der Waals surface area contributed by atoms with Gasteiger partial charge in [0.2, 0.25) is 0 Å². The summed E-state index contributed by atoms with van der Waals surface area (Å²) in [5.41, 5.74) is 25.8. The number of hydrogen-bond donors (Lipinski definition) is 0. The van der Waals surface area contributed by atoms with Crippen molar-refractivity contribution in [3.8, 4) is 55.6 Å². The first-order valence-corrected chi connectivity index (χ1v) is 24.1. The number of benzene rings is 10. The molecule has 0 aliphatic heterocycles. The maximum Gasteiger partial charge on any atom is 0.0719 e. The van der Waals surface area contributed by atoms with Gasteiger partial charge in [0.25, 0.3) is 0 Å². The van der Waals surface area contributed by atoms with Gasteiger partial charge in [-0.05, 0) is 125 Å². The van der Waals surface area contributed by atoms with Gasteiger partial charge in [-0.15, -0.1) is 0 Å². The van der Waals surface area contributed by atoms with Gasteiger partial charge < -0.3 is 4.90 Å². The molecule has 13 rings (SSSR count). The Hall–Kier alpha value is -8.00. The van der Waals surface area contributed by atoms with Gasteiger partial charge in [-0.25, -0.2) is 0 Å². The highest BCUT2D eigenvalue weighted by atomic mass is 15.1. The summed E-state index contributed by atoms with van der Waals surface area (Å²) in [6.45, 7) is 9.62. The molecule has 68 heavy (non-hydrogen) atoms. The Morgan fingerprint density at radius 3 is 1.29 bits per heavy atom. The van der Waals surface area contributed by atoms with Crippen molar-refractivity contribution in [2.45, 2.75) is 43.9 Å². The zero-order chi connectivity index (χ0) is 45.8. The monoisotopic (exact) mass is 869 g/mol. The van der Waals surface area contributed by atoms with Gasteiger partial charge in [0.15, 0.2) is 0 Å². The van der Waals surface area contributed by atoms with Crippen molar-refractivity contribution < 1.29 is 0 Å². The Kier molecular flexibility index (Phi) is 8.89. The molecular formula is C67H51N. The van der Waals surface area contributed by atoms with Crippen LogP contribution in [0.15, 0.2) is 237 Å². The van der Waals surface area contributed by atoms with Crippen LogP contribution in [0.2, 0.25) is 0 Å². The number of hydrogen-bond acceptors (Lipinski definition) is 1. The highest BCUT2D eigenvalue weighted by Crippen LogP contribution is 2.63. The van der Waals surface area contributed by atoms with E-state index in [1.54, 1.807) is 0 Å². The van der Waals surface area contributed by atoms with Gasteiger partial charge in [0.05, 0.1) is 16.8 Å². The molecule has 1 heteroatoms. The standard InChI is InChI=1S/C67H51N/c1-65(2)57-31-17-18-32-59(57)67(55-29-15-11-27-51(55)52-28-12-16-30-56(52)67)62-42-47(36-40-58(62)65)50-26-14-20-34-64(50)68(63-33-19-13-25-49(63)45-23-9-6-10-24-45)48-37-39-54-53-38-35-46(44-21-7-5-8-22-44)41-60(53)66(3,4)61(54)43-48/h5-43H,1-4H3. The van der Waals surface area contributed by atoms with Crippen LogP contribution in [0.5, 0.6) is 0 Å².